The lowest BCUT2D eigenvalue weighted by atomic mass is 9.48. The summed E-state index contributed by atoms with van der Waals surface area (Å²) >= 11 is 0. The van der Waals surface area contributed by atoms with Crippen molar-refractivity contribution < 1.29 is 17.6 Å². The van der Waals surface area contributed by atoms with Gasteiger partial charge in [-0.05, 0) is 97.6 Å². The summed E-state index contributed by atoms with van der Waals surface area (Å²) in [6, 6.07) is 13.3. The van der Waals surface area contributed by atoms with Crippen LogP contribution in [-0.4, -0.2) is 27.1 Å². The predicted molar refractivity (Wildman–Crippen MR) is 124 cm³/mol. The molecule has 0 aliphatic heterocycles. The molecule has 0 saturated heterocycles. The Morgan fingerprint density at radius 2 is 1.62 bits per heavy atom. The Morgan fingerprint density at radius 3 is 2.16 bits per heavy atom. The number of sulfonamides is 1. The molecular formula is C25H29FN2O3S. The minimum Gasteiger partial charge on any atom is -0.324 e. The van der Waals surface area contributed by atoms with E-state index in [9.17, 15) is 17.6 Å². The molecule has 4 fully saturated rings. The summed E-state index contributed by atoms with van der Waals surface area (Å²) in [4.78, 5) is 12.5. The van der Waals surface area contributed by atoms with Gasteiger partial charge in [-0.3, -0.25) is 9.10 Å². The monoisotopic (exact) mass is 456 g/mol. The van der Waals surface area contributed by atoms with Crippen LogP contribution in [0.3, 0.4) is 0 Å². The summed E-state index contributed by atoms with van der Waals surface area (Å²) in [5, 5.41) is 2.57. The van der Waals surface area contributed by atoms with Gasteiger partial charge in [-0.15, -0.1) is 0 Å². The lowest BCUT2D eigenvalue weighted by molar-refractivity contribution is -0.114. The van der Waals surface area contributed by atoms with Gasteiger partial charge in [-0.1, -0.05) is 18.2 Å². The Hall–Kier alpha value is -2.41. The van der Waals surface area contributed by atoms with Crippen molar-refractivity contribution in [3.05, 3.63) is 59.9 Å². The Kier molecular flexibility index (Phi) is 5.27. The average Bonchev–Trinajstić information content (AvgIpc) is 2.70. The van der Waals surface area contributed by atoms with Crippen LogP contribution in [0.4, 0.5) is 15.8 Å². The second-order valence-electron chi connectivity index (χ2n) is 10.1. The molecule has 4 aliphatic carbocycles. The first kappa shape index (κ1) is 21.4. The quantitative estimate of drug-likeness (QED) is 0.685. The van der Waals surface area contributed by atoms with Crippen molar-refractivity contribution in [1.82, 2.24) is 0 Å². The third kappa shape index (κ3) is 4.15. The van der Waals surface area contributed by atoms with Crippen molar-refractivity contribution in [3.63, 3.8) is 0 Å². The number of amides is 1. The Bertz CT molecular complexity index is 1090. The SMILES string of the molecule is CS(=O)(=O)N(CC(=O)Nc1cccc(F)c1)c1ccc(C23CC4CC(CC(C4)C2)C3)cc1. The first-order valence-corrected chi connectivity index (χ1v) is 13.2. The fourth-order valence-corrected chi connectivity index (χ4v) is 7.60. The number of nitrogens with zero attached hydrogens (tertiary/aromatic N) is 1. The number of hydrogen-bond acceptors (Lipinski definition) is 3. The standard InChI is InChI=1S/C25H29FN2O3S/c1-32(30,31)28(16-24(29)27-22-4-2-3-21(26)12-22)23-7-5-20(6-8-23)25-13-17-9-18(14-25)11-19(10-17)15-25/h2-8,12,17-19H,9-11,13-16H2,1H3,(H,27,29). The lowest BCUT2D eigenvalue weighted by Crippen LogP contribution is -2.48. The maximum atomic E-state index is 13.4. The van der Waals surface area contributed by atoms with Gasteiger partial charge in [0.15, 0.2) is 0 Å². The summed E-state index contributed by atoms with van der Waals surface area (Å²) in [5.41, 5.74) is 2.30. The molecule has 0 aromatic heterocycles. The summed E-state index contributed by atoms with van der Waals surface area (Å²) in [5.74, 6) is 1.51. The summed E-state index contributed by atoms with van der Waals surface area (Å²) in [6.45, 7) is -0.369. The van der Waals surface area contributed by atoms with Crippen molar-refractivity contribution in [2.45, 2.75) is 43.9 Å². The minimum atomic E-state index is -3.67. The zero-order chi connectivity index (χ0) is 22.5. The van der Waals surface area contributed by atoms with Gasteiger partial charge in [0.2, 0.25) is 15.9 Å². The third-order valence-corrected chi connectivity index (χ3v) is 8.74. The highest BCUT2D eigenvalue weighted by molar-refractivity contribution is 7.92. The normalized spacial score (nSPS) is 28.5. The summed E-state index contributed by atoms with van der Waals surface area (Å²) in [7, 11) is -3.67. The van der Waals surface area contributed by atoms with Crippen LogP contribution in [0, 0.1) is 23.6 Å². The molecule has 0 heterocycles. The molecule has 0 unspecified atom stereocenters. The van der Waals surface area contributed by atoms with Crippen molar-refractivity contribution in [2.24, 2.45) is 17.8 Å². The van der Waals surface area contributed by atoms with Gasteiger partial charge >= 0.3 is 0 Å². The number of benzene rings is 2. The molecular weight excluding hydrogens is 427 g/mol. The van der Waals surface area contributed by atoms with Gasteiger partial charge in [-0.2, -0.15) is 0 Å². The minimum absolute atomic E-state index is 0.234. The van der Waals surface area contributed by atoms with Crippen molar-refractivity contribution in [3.8, 4) is 0 Å². The van der Waals surface area contributed by atoms with Crippen LogP contribution in [0.15, 0.2) is 48.5 Å². The molecule has 2 aromatic carbocycles. The van der Waals surface area contributed by atoms with E-state index in [1.807, 2.05) is 12.1 Å². The molecule has 4 aliphatic rings. The highest BCUT2D eigenvalue weighted by Crippen LogP contribution is 2.60. The highest BCUT2D eigenvalue weighted by Gasteiger charge is 2.51. The second-order valence-corrected chi connectivity index (χ2v) is 12.0. The second kappa shape index (κ2) is 7.87. The highest BCUT2D eigenvalue weighted by atomic mass is 32.2. The van der Waals surface area contributed by atoms with Crippen LogP contribution in [0.25, 0.3) is 0 Å². The predicted octanol–water partition coefficient (Wildman–Crippen LogP) is 4.70. The summed E-state index contributed by atoms with van der Waals surface area (Å²) < 4.78 is 39.4. The van der Waals surface area contributed by atoms with Gasteiger partial charge < -0.3 is 5.32 Å². The fourth-order valence-electron chi connectivity index (χ4n) is 6.74. The topological polar surface area (TPSA) is 66.5 Å². The fraction of sp³-hybridized carbons (Fsp3) is 0.480. The van der Waals surface area contributed by atoms with Gasteiger partial charge in [0.25, 0.3) is 0 Å². The van der Waals surface area contributed by atoms with E-state index in [1.54, 1.807) is 6.07 Å². The molecule has 4 bridgehead atoms. The van der Waals surface area contributed by atoms with E-state index in [0.29, 0.717) is 11.4 Å². The van der Waals surface area contributed by atoms with Crippen LogP contribution >= 0.6 is 0 Å². The molecule has 1 amide bonds. The van der Waals surface area contributed by atoms with Crippen molar-refractivity contribution in [1.29, 1.82) is 0 Å². The summed E-state index contributed by atoms with van der Waals surface area (Å²) in [6.07, 6.45) is 8.94. The first-order valence-electron chi connectivity index (χ1n) is 11.3. The van der Waals surface area contributed by atoms with E-state index in [-0.39, 0.29) is 12.0 Å². The zero-order valence-electron chi connectivity index (χ0n) is 18.3. The molecule has 32 heavy (non-hydrogen) atoms. The number of halogens is 1. The van der Waals surface area contributed by atoms with E-state index < -0.39 is 21.7 Å². The molecule has 6 rings (SSSR count). The van der Waals surface area contributed by atoms with Crippen molar-refractivity contribution >= 4 is 27.3 Å². The Labute approximate surface area is 189 Å². The van der Waals surface area contributed by atoms with Gasteiger partial charge in [0, 0.05) is 5.69 Å². The molecule has 4 saturated carbocycles. The maximum Gasteiger partial charge on any atom is 0.245 e. The third-order valence-electron chi connectivity index (χ3n) is 7.60. The van der Waals surface area contributed by atoms with Gasteiger partial charge in [0.1, 0.15) is 12.4 Å². The molecule has 7 heteroatoms. The molecule has 0 atom stereocenters. The van der Waals surface area contributed by atoms with Gasteiger partial charge in [0.05, 0.1) is 11.9 Å². The van der Waals surface area contributed by atoms with Crippen LogP contribution < -0.4 is 9.62 Å². The number of carbonyl (C=O) groups is 1. The number of rotatable bonds is 6. The van der Waals surface area contributed by atoms with Crippen LogP contribution in [0.5, 0.6) is 0 Å². The average molecular weight is 457 g/mol. The molecule has 0 radical (unpaired) electrons. The number of nitrogens with one attached hydrogen (secondary N) is 1. The van der Waals surface area contributed by atoms with Crippen LogP contribution in [-0.2, 0) is 20.2 Å². The molecule has 1 N–H and O–H groups in total. The molecule has 170 valence electrons. The largest absolute Gasteiger partial charge is 0.324 e. The Morgan fingerprint density at radius 1 is 1.03 bits per heavy atom. The molecule has 0 spiro atoms. The van der Waals surface area contributed by atoms with E-state index in [1.165, 1.54) is 62.3 Å². The first-order chi connectivity index (χ1) is 15.2. The Balaban J connectivity index is 1.35. The van der Waals surface area contributed by atoms with Gasteiger partial charge in [-0.25, -0.2) is 12.8 Å². The van der Waals surface area contributed by atoms with Crippen molar-refractivity contribution in [2.75, 3.05) is 22.4 Å². The maximum absolute atomic E-state index is 13.4. The number of anilines is 2. The lowest BCUT2D eigenvalue weighted by Gasteiger charge is -2.57. The number of carbonyl (C=O) groups excluding carboxylic acids is 1. The molecule has 5 nitrogen and oxygen atoms in total. The zero-order valence-corrected chi connectivity index (χ0v) is 19.1. The van der Waals surface area contributed by atoms with Crippen LogP contribution in [0.1, 0.15) is 44.1 Å². The smallest absolute Gasteiger partial charge is 0.245 e. The number of hydrogen-bond donors (Lipinski definition) is 1. The van der Waals surface area contributed by atoms with E-state index in [4.69, 9.17) is 0 Å². The van der Waals surface area contributed by atoms with E-state index in [2.05, 4.69) is 17.4 Å². The van der Waals surface area contributed by atoms with E-state index >= 15 is 0 Å². The van der Waals surface area contributed by atoms with Crippen LogP contribution in [0.2, 0.25) is 0 Å². The van der Waals surface area contributed by atoms with E-state index in [0.717, 1.165) is 28.3 Å². The molecule has 2 aromatic rings.